The van der Waals surface area contributed by atoms with Crippen LogP contribution >= 0.6 is 0 Å². The predicted octanol–water partition coefficient (Wildman–Crippen LogP) is 4.64. The molecule has 0 saturated heterocycles. The van der Waals surface area contributed by atoms with E-state index in [1.54, 1.807) is 18.5 Å². The maximum absolute atomic E-state index is 12.8. The number of pyridine rings is 1. The molecule has 6 nitrogen and oxygen atoms in total. The standard InChI is InChI=1S/C22H16F3N3O3/c1-30-19-7-4-16(14-8-10-26-11-9-14)12-17(19)13-28-21(29)31-20(27-28)15-2-5-18(6-3-15)22(23,24)25/h2-12H,13H2,1H3. The van der Waals surface area contributed by atoms with Gasteiger partial charge in [0.15, 0.2) is 0 Å². The average molecular weight is 427 g/mol. The van der Waals surface area contributed by atoms with Crippen molar-refractivity contribution in [2.24, 2.45) is 0 Å². The van der Waals surface area contributed by atoms with E-state index >= 15 is 0 Å². The summed E-state index contributed by atoms with van der Waals surface area (Å²) in [6.07, 6.45) is -1.09. The van der Waals surface area contributed by atoms with Gasteiger partial charge in [0, 0.05) is 23.5 Å². The van der Waals surface area contributed by atoms with E-state index in [2.05, 4.69) is 10.1 Å². The number of rotatable bonds is 5. The lowest BCUT2D eigenvalue weighted by molar-refractivity contribution is -0.137. The Morgan fingerprint density at radius 2 is 1.65 bits per heavy atom. The summed E-state index contributed by atoms with van der Waals surface area (Å²) in [7, 11) is 1.52. The second-order valence-corrected chi connectivity index (χ2v) is 6.67. The lowest BCUT2D eigenvalue weighted by Gasteiger charge is -2.10. The van der Waals surface area contributed by atoms with Crippen molar-refractivity contribution in [2.45, 2.75) is 12.7 Å². The zero-order valence-electron chi connectivity index (χ0n) is 16.3. The third-order valence-corrected chi connectivity index (χ3v) is 4.68. The average Bonchev–Trinajstić information content (AvgIpc) is 3.14. The molecule has 0 N–H and O–H groups in total. The van der Waals surface area contributed by atoms with E-state index in [1.807, 2.05) is 24.3 Å². The van der Waals surface area contributed by atoms with Crippen LogP contribution in [0.25, 0.3) is 22.6 Å². The maximum atomic E-state index is 12.8. The van der Waals surface area contributed by atoms with Gasteiger partial charge < -0.3 is 9.15 Å². The Kier molecular flexibility index (Phi) is 5.33. The zero-order chi connectivity index (χ0) is 22.0. The molecule has 31 heavy (non-hydrogen) atoms. The summed E-state index contributed by atoms with van der Waals surface area (Å²) < 4.78 is 49.9. The molecule has 4 aromatic rings. The molecule has 0 saturated carbocycles. The van der Waals surface area contributed by atoms with Gasteiger partial charge in [0.25, 0.3) is 0 Å². The van der Waals surface area contributed by atoms with Gasteiger partial charge in [-0.05, 0) is 59.7 Å². The molecule has 2 aromatic heterocycles. The molecule has 0 amide bonds. The third kappa shape index (κ3) is 4.35. The minimum Gasteiger partial charge on any atom is -0.496 e. The monoisotopic (exact) mass is 427 g/mol. The van der Waals surface area contributed by atoms with Gasteiger partial charge in [-0.1, -0.05) is 6.07 Å². The first-order valence-electron chi connectivity index (χ1n) is 9.18. The van der Waals surface area contributed by atoms with Crippen LogP contribution in [0.4, 0.5) is 13.2 Å². The van der Waals surface area contributed by atoms with Crippen molar-refractivity contribution in [3.05, 3.63) is 88.7 Å². The Morgan fingerprint density at radius 3 is 2.29 bits per heavy atom. The normalized spacial score (nSPS) is 11.5. The number of benzene rings is 2. The van der Waals surface area contributed by atoms with Crippen molar-refractivity contribution in [3.8, 4) is 28.3 Å². The molecular weight excluding hydrogens is 411 g/mol. The number of nitrogens with zero attached hydrogens (tertiary/aromatic N) is 3. The zero-order valence-corrected chi connectivity index (χ0v) is 16.3. The Labute approximate surface area is 174 Å². The predicted molar refractivity (Wildman–Crippen MR) is 107 cm³/mol. The van der Waals surface area contributed by atoms with Crippen molar-refractivity contribution in [2.75, 3.05) is 7.11 Å². The van der Waals surface area contributed by atoms with Crippen molar-refractivity contribution in [1.29, 1.82) is 0 Å². The second kappa shape index (κ2) is 8.10. The van der Waals surface area contributed by atoms with E-state index in [0.29, 0.717) is 11.3 Å². The summed E-state index contributed by atoms with van der Waals surface area (Å²) in [6, 6.07) is 13.5. The highest BCUT2D eigenvalue weighted by Crippen LogP contribution is 2.31. The fraction of sp³-hybridized carbons (Fsp3) is 0.136. The quantitative estimate of drug-likeness (QED) is 0.464. The summed E-state index contributed by atoms with van der Waals surface area (Å²) in [6.45, 7) is 0.0606. The highest BCUT2D eigenvalue weighted by atomic mass is 19.4. The van der Waals surface area contributed by atoms with Crippen molar-refractivity contribution >= 4 is 0 Å². The number of methoxy groups -OCH3 is 1. The SMILES string of the molecule is COc1ccc(-c2ccncc2)cc1Cn1nc(-c2ccc(C(F)(F)F)cc2)oc1=O. The molecule has 4 rings (SSSR count). The summed E-state index contributed by atoms with van der Waals surface area (Å²) >= 11 is 0. The molecular formula is C22H16F3N3O3. The molecule has 9 heteroatoms. The Hall–Kier alpha value is -3.88. The molecule has 0 atom stereocenters. The summed E-state index contributed by atoms with van der Waals surface area (Å²) in [4.78, 5) is 16.3. The second-order valence-electron chi connectivity index (χ2n) is 6.67. The smallest absolute Gasteiger partial charge is 0.437 e. The lowest BCUT2D eigenvalue weighted by atomic mass is 10.0. The van der Waals surface area contributed by atoms with Crippen LogP contribution in [0.3, 0.4) is 0 Å². The fourth-order valence-corrected chi connectivity index (χ4v) is 3.11. The Balaban J connectivity index is 1.65. The maximum Gasteiger partial charge on any atom is 0.437 e. The lowest BCUT2D eigenvalue weighted by Crippen LogP contribution is -2.17. The largest absolute Gasteiger partial charge is 0.496 e. The van der Waals surface area contributed by atoms with Crippen molar-refractivity contribution in [3.63, 3.8) is 0 Å². The number of hydrogen-bond donors (Lipinski definition) is 0. The van der Waals surface area contributed by atoms with E-state index in [9.17, 15) is 18.0 Å². The molecule has 0 spiro atoms. The highest BCUT2D eigenvalue weighted by Gasteiger charge is 2.30. The Bertz CT molecular complexity index is 1250. The van der Waals surface area contributed by atoms with Gasteiger partial charge in [-0.15, -0.1) is 5.10 Å². The topological polar surface area (TPSA) is 70.2 Å². The van der Waals surface area contributed by atoms with Gasteiger partial charge in [0.1, 0.15) is 5.75 Å². The minimum absolute atomic E-state index is 0.0606. The van der Waals surface area contributed by atoms with E-state index in [0.717, 1.165) is 27.9 Å². The van der Waals surface area contributed by atoms with Crippen LogP contribution in [-0.4, -0.2) is 21.9 Å². The van der Waals surface area contributed by atoms with Crippen LogP contribution in [0.15, 0.2) is 76.2 Å². The van der Waals surface area contributed by atoms with E-state index in [4.69, 9.17) is 9.15 Å². The number of aromatic nitrogens is 3. The van der Waals surface area contributed by atoms with Gasteiger partial charge in [-0.2, -0.15) is 17.9 Å². The van der Waals surface area contributed by atoms with Crippen LogP contribution < -0.4 is 10.5 Å². The van der Waals surface area contributed by atoms with Gasteiger partial charge in [-0.25, -0.2) is 4.79 Å². The first kappa shape index (κ1) is 20.4. The highest BCUT2D eigenvalue weighted by molar-refractivity contribution is 5.65. The summed E-state index contributed by atoms with van der Waals surface area (Å²) in [5.74, 6) is -0.238. The third-order valence-electron chi connectivity index (χ3n) is 4.68. The number of halogens is 3. The molecule has 0 radical (unpaired) electrons. The van der Waals surface area contributed by atoms with Crippen molar-refractivity contribution in [1.82, 2.24) is 14.8 Å². The molecule has 2 aromatic carbocycles. The van der Waals surface area contributed by atoms with Gasteiger partial charge >= 0.3 is 11.9 Å². The Morgan fingerprint density at radius 1 is 0.968 bits per heavy atom. The van der Waals surface area contributed by atoms with E-state index in [-0.39, 0.29) is 18.0 Å². The van der Waals surface area contributed by atoms with Crippen molar-refractivity contribution < 1.29 is 22.3 Å². The molecule has 0 aliphatic carbocycles. The minimum atomic E-state index is -4.45. The molecule has 0 unspecified atom stereocenters. The summed E-state index contributed by atoms with van der Waals surface area (Å²) in [5.41, 5.74) is 2.00. The first-order chi connectivity index (χ1) is 14.8. The molecule has 0 bridgehead atoms. The first-order valence-corrected chi connectivity index (χ1v) is 9.18. The molecule has 158 valence electrons. The van der Waals surface area contributed by atoms with Gasteiger partial charge in [0.2, 0.25) is 5.89 Å². The van der Waals surface area contributed by atoms with Crippen LogP contribution in [0.5, 0.6) is 5.75 Å². The van der Waals surface area contributed by atoms with Gasteiger partial charge in [0.05, 0.1) is 19.2 Å². The van der Waals surface area contributed by atoms with E-state index < -0.39 is 17.5 Å². The molecule has 0 aliphatic heterocycles. The molecule has 0 aliphatic rings. The fourth-order valence-electron chi connectivity index (χ4n) is 3.11. The number of alkyl halides is 3. The van der Waals surface area contributed by atoms with E-state index in [1.165, 1.54) is 19.2 Å². The molecule has 0 fully saturated rings. The molecule has 2 heterocycles. The van der Waals surface area contributed by atoms with Crippen LogP contribution in [0.1, 0.15) is 11.1 Å². The number of ether oxygens (including phenoxy) is 1. The number of hydrogen-bond acceptors (Lipinski definition) is 5. The van der Waals surface area contributed by atoms with Crippen LogP contribution in [0.2, 0.25) is 0 Å². The van der Waals surface area contributed by atoms with Crippen LogP contribution in [-0.2, 0) is 12.7 Å². The van der Waals surface area contributed by atoms with Gasteiger partial charge in [-0.3, -0.25) is 4.98 Å². The summed E-state index contributed by atoms with van der Waals surface area (Å²) in [5, 5.41) is 4.14. The van der Waals surface area contributed by atoms with Crippen LogP contribution in [0, 0.1) is 0 Å².